The lowest BCUT2D eigenvalue weighted by Gasteiger charge is -2.09. The van der Waals surface area contributed by atoms with Crippen molar-refractivity contribution in [2.45, 2.75) is 6.92 Å². The molecule has 0 unspecified atom stereocenters. The number of hydrogen-bond donors (Lipinski definition) is 1. The van der Waals surface area contributed by atoms with Crippen molar-refractivity contribution in [2.75, 3.05) is 5.32 Å². The molecule has 1 amide bonds. The maximum atomic E-state index is 12.5. The normalized spacial score (nSPS) is 10.6. The van der Waals surface area contributed by atoms with E-state index in [4.69, 9.17) is 11.6 Å². The van der Waals surface area contributed by atoms with Gasteiger partial charge in [-0.1, -0.05) is 52.7 Å². The van der Waals surface area contributed by atoms with Gasteiger partial charge in [-0.3, -0.25) is 4.79 Å². The van der Waals surface area contributed by atoms with Gasteiger partial charge < -0.3 is 5.32 Å². The fraction of sp³-hybridized carbons (Fsp3) is 0.0455. The van der Waals surface area contributed by atoms with E-state index in [9.17, 15) is 4.79 Å². The Morgan fingerprint density at radius 1 is 1.00 bits per heavy atom. The van der Waals surface area contributed by atoms with Gasteiger partial charge in [0.25, 0.3) is 5.91 Å². The number of nitrogens with one attached hydrogen (secondary N) is 1. The third-order valence-electron chi connectivity index (χ3n) is 4.35. The number of amides is 1. The number of carbonyl (C=O) groups is 1. The molecule has 0 radical (unpaired) electrons. The molecule has 0 aliphatic heterocycles. The van der Waals surface area contributed by atoms with E-state index < -0.39 is 0 Å². The largest absolute Gasteiger partial charge is 0.322 e. The molecule has 0 saturated carbocycles. The van der Waals surface area contributed by atoms with Crippen LogP contribution in [0.25, 0.3) is 16.9 Å². The maximum Gasteiger partial charge on any atom is 0.255 e. The lowest BCUT2D eigenvalue weighted by Crippen LogP contribution is -2.12. The van der Waals surface area contributed by atoms with Gasteiger partial charge in [-0.05, 0) is 49.4 Å². The van der Waals surface area contributed by atoms with Crippen LogP contribution in [0.5, 0.6) is 0 Å². The minimum absolute atomic E-state index is 0.203. The SMILES string of the molecule is Cc1ccc(-c2cnnn2-c2ccc(C(=O)Nc3cccc(Cl)c3)cc2)cc1. The van der Waals surface area contributed by atoms with Gasteiger partial charge in [-0.25, -0.2) is 4.68 Å². The Balaban J connectivity index is 1.56. The minimum Gasteiger partial charge on any atom is -0.322 e. The highest BCUT2D eigenvalue weighted by molar-refractivity contribution is 6.30. The first-order chi connectivity index (χ1) is 13.6. The predicted molar refractivity (Wildman–Crippen MR) is 111 cm³/mol. The molecule has 3 aromatic carbocycles. The standard InChI is InChI=1S/C22H17ClN4O/c1-15-5-7-16(8-6-15)21-14-24-26-27(21)20-11-9-17(10-12-20)22(28)25-19-4-2-3-18(23)13-19/h2-14H,1H3,(H,25,28). The smallest absolute Gasteiger partial charge is 0.255 e. The van der Waals surface area contributed by atoms with Crippen LogP contribution in [-0.2, 0) is 0 Å². The summed E-state index contributed by atoms with van der Waals surface area (Å²) in [4.78, 5) is 12.5. The van der Waals surface area contributed by atoms with Crippen LogP contribution in [0, 0.1) is 6.92 Å². The topological polar surface area (TPSA) is 59.8 Å². The van der Waals surface area contributed by atoms with E-state index in [2.05, 4.69) is 27.8 Å². The van der Waals surface area contributed by atoms with Crippen LogP contribution in [-0.4, -0.2) is 20.9 Å². The zero-order valence-electron chi connectivity index (χ0n) is 15.1. The van der Waals surface area contributed by atoms with Gasteiger partial charge in [0, 0.05) is 21.8 Å². The van der Waals surface area contributed by atoms with Gasteiger partial charge in [0.05, 0.1) is 17.6 Å². The van der Waals surface area contributed by atoms with Crippen LogP contribution in [0.4, 0.5) is 5.69 Å². The minimum atomic E-state index is -0.203. The summed E-state index contributed by atoms with van der Waals surface area (Å²) in [6, 6.07) is 22.4. The Kier molecular flexibility index (Phi) is 4.91. The van der Waals surface area contributed by atoms with Crippen molar-refractivity contribution in [1.29, 1.82) is 0 Å². The molecule has 4 aromatic rings. The second kappa shape index (κ2) is 7.66. The highest BCUT2D eigenvalue weighted by atomic mass is 35.5. The van der Waals surface area contributed by atoms with E-state index in [1.165, 1.54) is 5.56 Å². The summed E-state index contributed by atoms with van der Waals surface area (Å²) >= 11 is 5.96. The molecular formula is C22H17ClN4O. The lowest BCUT2D eigenvalue weighted by atomic mass is 10.1. The number of halogens is 1. The van der Waals surface area contributed by atoms with Crippen LogP contribution in [0.3, 0.4) is 0 Å². The molecule has 138 valence electrons. The Hall–Kier alpha value is -3.44. The average molecular weight is 389 g/mol. The van der Waals surface area contributed by atoms with E-state index in [-0.39, 0.29) is 5.91 Å². The van der Waals surface area contributed by atoms with Crippen molar-refractivity contribution in [3.05, 3.63) is 95.1 Å². The van der Waals surface area contributed by atoms with Crippen molar-refractivity contribution in [3.63, 3.8) is 0 Å². The van der Waals surface area contributed by atoms with Crippen molar-refractivity contribution in [1.82, 2.24) is 15.0 Å². The zero-order chi connectivity index (χ0) is 19.5. The van der Waals surface area contributed by atoms with Crippen LogP contribution in [0.15, 0.2) is 79.0 Å². The molecule has 0 fully saturated rings. The summed E-state index contributed by atoms with van der Waals surface area (Å²) in [7, 11) is 0. The van der Waals surface area contributed by atoms with Crippen LogP contribution < -0.4 is 5.32 Å². The lowest BCUT2D eigenvalue weighted by molar-refractivity contribution is 0.102. The monoisotopic (exact) mass is 388 g/mol. The fourth-order valence-electron chi connectivity index (χ4n) is 2.87. The van der Waals surface area contributed by atoms with Crippen LogP contribution in [0.2, 0.25) is 5.02 Å². The molecule has 0 bridgehead atoms. The molecule has 6 heteroatoms. The number of nitrogens with zero attached hydrogens (tertiary/aromatic N) is 3. The summed E-state index contributed by atoms with van der Waals surface area (Å²) in [5.74, 6) is -0.203. The average Bonchev–Trinajstić information content (AvgIpc) is 3.18. The fourth-order valence-corrected chi connectivity index (χ4v) is 3.06. The number of hydrogen-bond acceptors (Lipinski definition) is 3. The Labute approximate surface area is 167 Å². The van der Waals surface area contributed by atoms with Gasteiger partial charge in [-0.15, -0.1) is 5.10 Å². The van der Waals surface area contributed by atoms with Gasteiger partial charge in [-0.2, -0.15) is 0 Å². The Morgan fingerprint density at radius 2 is 1.75 bits per heavy atom. The number of aromatic nitrogens is 3. The molecule has 1 heterocycles. The molecule has 0 spiro atoms. The summed E-state index contributed by atoms with van der Waals surface area (Å²) in [5.41, 5.74) is 5.12. The molecular weight excluding hydrogens is 372 g/mol. The first-order valence-electron chi connectivity index (χ1n) is 8.75. The first-order valence-corrected chi connectivity index (χ1v) is 9.13. The highest BCUT2D eigenvalue weighted by Gasteiger charge is 2.11. The first kappa shape index (κ1) is 17.9. The van der Waals surface area contributed by atoms with E-state index >= 15 is 0 Å². The van der Waals surface area contributed by atoms with Gasteiger partial charge in [0.2, 0.25) is 0 Å². The highest BCUT2D eigenvalue weighted by Crippen LogP contribution is 2.22. The number of anilines is 1. The van der Waals surface area contributed by atoms with Gasteiger partial charge in [0.15, 0.2) is 0 Å². The van der Waals surface area contributed by atoms with E-state index in [1.54, 1.807) is 47.3 Å². The van der Waals surface area contributed by atoms with Gasteiger partial charge in [0.1, 0.15) is 0 Å². The van der Waals surface area contributed by atoms with Crippen molar-refractivity contribution >= 4 is 23.2 Å². The molecule has 0 saturated heterocycles. The van der Waals surface area contributed by atoms with Crippen LogP contribution in [0.1, 0.15) is 15.9 Å². The van der Waals surface area contributed by atoms with E-state index in [0.29, 0.717) is 16.3 Å². The quantitative estimate of drug-likeness (QED) is 0.526. The second-order valence-corrected chi connectivity index (χ2v) is 6.84. The molecule has 1 N–H and O–H groups in total. The molecule has 0 atom stereocenters. The van der Waals surface area contributed by atoms with Crippen LogP contribution >= 0.6 is 11.6 Å². The summed E-state index contributed by atoms with van der Waals surface area (Å²) in [6.07, 6.45) is 1.73. The van der Waals surface area contributed by atoms with Gasteiger partial charge >= 0.3 is 0 Å². The van der Waals surface area contributed by atoms with Crippen molar-refractivity contribution in [3.8, 4) is 16.9 Å². The summed E-state index contributed by atoms with van der Waals surface area (Å²) < 4.78 is 1.75. The molecule has 5 nitrogen and oxygen atoms in total. The maximum absolute atomic E-state index is 12.5. The van der Waals surface area contributed by atoms with E-state index in [0.717, 1.165) is 16.9 Å². The predicted octanol–water partition coefficient (Wildman–Crippen LogP) is 5.15. The van der Waals surface area contributed by atoms with E-state index in [1.807, 2.05) is 31.2 Å². The number of rotatable bonds is 4. The summed E-state index contributed by atoms with van der Waals surface area (Å²) in [5, 5.41) is 11.6. The third-order valence-corrected chi connectivity index (χ3v) is 4.59. The number of aryl methyl sites for hydroxylation is 1. The Bertz CT molecular complexity index is 1120. The molecule has 4 rings (SSSR count). The number of carbonyl (C=O) groups excluding carboxylic acids is 1. The zero-order valence-corrected chi connectivity index (χ0v) is 15.9. The second-order valence-electron chi connectivity index (χ2n) is 6.41. The molecule has 28 heavy (non-hydrogen) atoms. The third kappa shape index (κ3) is 3.80. The molecule has 0 aliphatic rings. The molecule has 1 aromatic heterocycles. The number of benzene rings is 3. The molecule has 0 aliphatic carbocycles. The van der Waals surface area contributed by atoms with Crippen molar-refractivity contribution < 1.29 is 4.79 Å². The Morgan fingerprint density at radius 3 is 2.46 bits per heavy atom. The van der Waals surface area contributed by atoms with Crippen molar-refractivity contribution in [2.24, 2.45) is 0 Å². The summed E-state index contributed by atoms with van der Waals surface area (Å²) in [6.45, 7) is 2.05.